The van der Waals surface area contributed by atoms with Gasteiger partial charge in [-0.05, 0) is 24.8 Å². The molecule has 1 saturated carbocycles. The van der Waals surface area contributed by atoms with E-state index in [0.717, 1.165) is 36.1 Å². The van der Waals surface area contributed by atoms with Crippen molar-refractivity contribution >= 4 is 11.8 Å². The highest BCUT2D eigenvalue weighted by Gasteiger charge is 2.25. The number of carbonyl (C=O) groups is 2. The third-order valence-corrected chi connectivity index (χ3v) is 3.98. The normalized spacial score (nSPS) is 16.4. The van der Waals surface area contributed by atoms with Crippen molar-refractivity contribution in [2.45, 2.75) is 44.7 Å². The summed E-state index contributed by atoms with van der Waals surface area (Å²) in [5.41, 5.74) is 1.13. The maximum Gasteiger partial charge on any atom is 0.275 e. The second kappa shape index (κ2) is 8.67. The summed E-state index contributed by atoms with van der Waals surface area (Å²) in [6.45, 7) is 2.76. The largest absolute Gasteiger partial charge is 0.348 e. The van der Waals surface area contributed by atoms with E-state index < -0.39 is 0 Å². The molecule has 2 atom stereocenters. The van der Waals surface area contributed by atoms with Crippen LogP contribution in [0.4, 0.5) is 0 Å². The van der Waals surface area contributed by atoms with Crippen LogP contribution in [0.3, 0.4) is 0 Å². The Labute approximate surface area is 138 Å². The summed E-state index contributed by atoms with van der Waals surface area (Å²) in [5.74, 6) is 0.0231. The molecule has 0 bridgehead atoms. The number of rotatable bonds is 9. The van der Waals surface area contributed by atoms with Gasteiger partial charge in [0, 0.05) is 6.04 Å². The lowest BCUT2D eigenvalue weighted by atomic mass is 10.0. The second-order valence-electron chi connectivity index (χ2n) is 6.47. The van der Waals surface area contributed by atoms with Gasteiger partial charge < -0.3 is 15.5 Å². The van der Waals surface area contributed by atoms with E-state index in [-0.39, 0.29) is 17.9 Å². The van der Waals surface area contributed by atoms with E-state index in [0.29, 0.717) is 19.1 Å². The molecular formula is C18H28N3O2+. The quantitative estimate of drug-likeness (QED) is 0.619. The van der Waals surface area contributed by atoms with Gasteiger partial charge in [0.2, 0.25) is 0 Å². The number of carbonyl (C=O) groups excluding carboxylic acids is 2. The third-order valence-electron chi connectivity index (χ3n) is 3.98. The van der Waals surface area contributed by atoms with Crippen LogP contribution in [-0.2, 0) is 9.59 Å². The average Bonchev–Trinajstić information content (AvgIpc) is 3.31. The van der Waals surface area contributed by atoms with Crippen LogP contribution in [0.25, 0.3) is 0 Å². The van der Waals surface area contributed by atoms with Gasteiger partial charge in [-0.3, -0.25) is 9.59 Å². The zero-order chi connectivity index (χ0) is 16.7. The first-order chi connectivity index (χ1) is 11.1. The molecule has 0 spiro atoms. The van der Waals surface area contributed by atoms with Gasteiger partial charge in [-0.15, -0.1) is 0 Å². The van der Waals surface area contributed by atoms with E-state index in [1.54, 1.807) is 0 Å². The van der Waals surface area contributed by atoms with Gasteiger partial charge in [-0.2, -0.15) is 0 Å². The van der Waals surface area contributed by atoms with Crippen molar-refractivity contribution in [2.75, 3.05) is 20.1 Å². The number of quaternary nitrogens is 1. The molecule has 5 nitrogen and oxygen atoms in total. The van der Waals surface area contributed by atoms with Crippen LogP contribution in [0, 0.1) is 0 Å². The first kappa shape index (κ1) is 17.5. The highest BCUT2D eigenvalue weighted by Crippen LogP contribution is 2.18. The molecule has 1 aliphatic carbocycles. The van der Waals surface area contributed by atoms with Gasteiger partial charge in [0.1, 0.15) is 0 Å². The molecule has 23 heavy (non-hydrogen) atoms. The number of likely N-dealkylation sites (N-methyl/N-ethyl adjacent to an activating group) is 1. The lowest BCUT2D eigenvalue weighted by Gasteiger charge is -2.20. The predicted octanol–water partition coefficient (Wildman–Crippen LogP) is 0.437. The molecule has 3 N–H and O–H groups in total. The summed E-state index contributed by atoms with van der Waals surface area (Å²) in [4.78, 5) is 24.9. The number of amides is 2. The SMILES string of the molecule is CCC[C@@H](NC(=O)C[NH+](C)CC(=O)NC1CC1)c1ccccc1. The fraction of sp³-hybridized carbons (Fsp3) is 0.556. The second-order valence-corrected chi connectivity index (χ2v) is 6.47. The Morgan fingerprint density at radius 1 is 1.17 bits per heavy atom. The minimum atomic E-state index is -0.0102. The Balaban J connectivity index is 1.79. The van der Waals surface area contributed by atoms with E-state index in [4.69, 9.17) is 0 Å². The first-order valence-electron chi connectivity index (χ1n) is 8.53. The topological polar surface area (TPSA) is 62.6 Å². The molecule has 0 heterocycles. The molecule has 0 aliphatic heterocycles. The van der Waals surface area contributed by atoms with Gasteiger partial charge in [0.15, 0.2) is 13.1 Å². The van der Waals surface area contributed by atoms with Gasteiger partial charge in [-0.1, -0.05) is 43.7 Å². The Kier molecular flexibility index (Phi) is 6.59. The maximum absolute atomic E-state index is 12.3. The van der Waals surface area contributed by atoms with Gasteiger partial charge >= 0.3 is 0 Å². The minimum absolute atomic E-state index is 0.0102. The van der Waals surface area contributed by atoms with E-state index in [1.165, 1.54) is 0 Å². The summed E-state index contributed by atoms with van der Waals surface area (Å²) < 4.78 is 0. The number of nitrogens with one attached hydrogen (secondary N) is 3. The lowest BCUT2D eigenvalue weighted by Crippen LogP contribution is -3.11. The zero-order valence-corrected chi connectivity index (χ0v) is 14.1. The molecule has 1 fully saturated rings. The number of benzene rings is 1. The Bertz CT molecular complexity index is 514. The number of hydrogen-bond acceptors (Lipinski definition) is 2. The molecule has 2 rings (SSSR count). The lowest BCUT2D eigenvalue weighted by molar-refractivity contribution is -0.862. The van der Waals surface area contributed by atoms with Crippen LogP contribution in [0.15, 0.2) is 30.3 Å². The summed E-state index contributed by atoms with van der Waals surface area (Å²) >= 11 is 0. The molecule has 1 unspecified atom stereocenters. The van der Waals surface area contributed by atoms with Gasteiger partial charge in [0.05, 0.1) is 13.1 Å². The molecule has 0 saturated heterocycles. The standard InChI is InChI=1S/C18H27N3O2/c1-3-7-16(14-8-5-4-6-9-14)20-18(23)13-21(2)12-17(22)19-15-10-11-15/h4-6,8-9,15-16H,3,7,10-13H2,1-2H3,(H,19,22)(H,20,23)/p+1/t16-/m1/s1. The van der Waals surface area contributed by atoms with E-state index in [1.807, 2.05) is 37.4 Å². The molecular weight excluding hydrogens is 290 g/mol. The van der Waals surface area contributed by atoms with Crippen LogP contribution < -0.4 is 15.5 Å². The van der Waals surface area contributed by atoms with Crippen LogP contribution in [0.5, 0.6) is 0 Å². The monoisotopic (exact) mass is 318 g/mol. The van der Waals surface area contributed by atoms with Crippen molar-refractivity contribution < 1.29 is 14.5 Å². The van der Waals surface area contributed by atoms with E-state index in [2.05, 4.69) is 17.6 Å². The Hall–Kier alpha value is -1.88. The maximum atomic E-state index is 12.3. The van der Waals surface area contributed by atoms with Crippen molar-refractivity contribution in [1.29, 1.82) is 0 Å². The molecule has 2 amide bonds. The van der Waals surface area contributed by atoms with Crippen molar-refractivity contribution in [3.05, 3.63) is 35.9 Å². The molecule has 1 aromatic rings. The van der Waals surface area contributed by atoms with Crippen molar-refractivity contribution in [3.63, 3.8) is 0 Å². The third kappa shape index (κ3) is 6.40. The van der Waals surface area contributed by atoms with Gasteiger partial charge in [0.25, 0.3) is 11.8 Å². The van der Waals surface area contributed by atoms with Crippen LogP contribution >= 0.6 is 0 Å². The molecule has 1 aromatic carbocycles. The van der Waals surface area contributed by atoms with E-state index in [9.17, 15) is 9.59 Å². The predicted molar refractivity (Wildman–Crippen MR) is 90.0 cm³/mol. The van der Waals surface area contributed by atoms with Crippen molar-refractivity contribution in [3.8, 4) is 0 Å². The molecule has 1 aliphatic rings. The van der Waals surface area contributed by atoms with Crippen molar-refractivity contribution in [2.24, 2.45) is 0 Å². The van der Waals surface area contributed by atoms with Gasteiger partial charge in [-0.25, -0.2) is 0 Å². The molecule has 0 radical (unpaired) electrons. The zero-order valence-electron chi connectivity index (χ0n) is 14.1. The number of hydrogen-bond donors (Lipinski definition) is 3. The highest BCUT2D eigenvalue weighted by molar-refractivity contribution is 5.79. The molecule has 126 valence electrons. The molecule has 0 aromatic heterocycles. The van der Waals surface area contributed by atoms with E-state index >= 15 is 0 Å². The fourth-order valence-electron chi connectivity index (χ4n) is 2.66. The molecule has 5 heteroatoms. The summed E-state index contributed by atoms with van der Waals surface area (Å²) in [7, 11) is 1.88. The average molecular weight is 318 g/mol. The Morgan fingerprint density at radius 2 is 1.83 bits per heavy atom. The summed E-state index contributed by atoms with van der Waals surface area (Å²) in [6.07, 6.45) is 4.09. The highest BCUT2D eigenvalue weighted by atomic mass is 16.2. The first-order valence-corrected chi connectivity index (χ1v) is 8.53. The van der Waals surface area contributed by atoms with Crippen LogP contribution in [0.2, 0.25) is 0 Å². The summed E-state index contributed by atoms with van der Waals surface area (Å²) in [5, 5.41) is 6.05. The van der Waals surface area contributed by atoms with Crippen LogP contribution in [-0.4, -0.2) is 38.0 Å². The minimum Gasteiger partial charge on any atom is -0.348 e. The van der Waals surface area contributed by atoms with Crippen molar-refractivity contribution in [1.82, 2.24) is 10.6 Å². The fourth-order valence-corrected chi connectivity index (χ4v) is 2.66. The Morgan fingerprint density at radius 3 is 2.43 bits per heavy atom. The summed E-state index contributed by atoms with van der Waals surface area (Å²) in [6, 6.07) is 10.5. The smallest absolute Gasteiger partial charge is 0.275 e. The van der Waals surface area contributed by atoms with Crippen LogP contribution in [0.1, 0.15) is 44.2 Å².